The van der Waals surface area contributed by atoms with E-state index >= 15 is 0 Å². The molecule has 0 saturated heterocycles. The lowest BCUT2D eigenvalue weighted by molar-refractivity contribution is 0.457. The minimum atomic E-state index is 0.189. The molecule has 2 rings (SSSR count). The molecule has 0 saturated carbocycles. The summed E-state index contributed by atoms with van der Waals surface area (Å²) in [5.74, 6) is 1.25. The zero-order chi connectivity index (χ0) is 12.4. The molecular formula is C13H13ClN2O. The topological polar surface area (TPSA) is 35.0 Å². The summed E-state index contributed by atoms with van der Waals surface area (Å²) in [6, 6.07) is 5.91. The third-order valence-electron chi connectivity index (χ3n) is 2.59. The first-order chi connectivity index (χ1) is 8.06. The van der Waals surface area contributed by atoms with Gasteiger partial charge in [0, 0.05) is 11.8 Å². The van der Waals surface area contributed by atoms with Crippen molar-refractivity contribution >= 4 is 11.6 Å². The number of ether oxygens (including phenoxy) is 1. The standard InChI is InChI=1S/C13H13ClN2O/c1-8-4-5-11(6-9(8)2)17-12-10(3)7-15-13(14)16-12/h4-7H,1-3H3. The Bertz CT molecular complexity index is 555. The first-order valence-electron chi connectivity index (χ1n) is 5.30. The maximum Gasteiger partial charge on any atom is 0.226 e. The van der Waals surface area contributed by atoms with Crippen molar-refractivity contribution in [3.05, 3.63) is 46.4 Å². The van der Waals surface area contributed by atoms with E-state index in [2.05, 4.69) is 16.9 Å². The van der Waals surface area contributed by atoms with E-state index in [9.17, 15) is 0 Å². The van der Waals surface area contributed by atoms with E-state index < -0.39 is 0 Å². The van der Waals surface area contributed by atoms with Crippen LogP contribution in [0.1, 0.15) is 16.7 Å². The van der Waals surface area contributed by atoms with Crippen molar-refractivity contribution in [1.82, 2.24) is 9.97 Å². The van der Waals surface area contributed by atoms with Crippen LogP contribution in [0.4, 0.5) is 0 Å². The lowest BCUT2D eigenvalue weighted by Gasteiger charge is -2.08. The van der Waals surface area contributed by atoms with Gasteiger partial charge in [0.2, 0.25) is 11.2 Å². The van der Waals surface area contributed by atoms with Crippen molar-refractivity contribution in [2.24, 2.45) is 0 Å². The number of aromatic nitrogens is 2. The van der Waals surface area contributed by atoms with Crippen LogP contribution in [0.3, 0.4) is 0 Å². The molecule has 0 spiro atoms. The van der Waals surface area contributed by atoms with Crippen LogP contribution in [0, 0.1) is 20.8 Å². The number of nitrogens with zero attached hydrogens (tertiary/aromatic N) is 2. The molecule has 0 aliphatic carbocycles. The quantitative estimate of drug-likeness (QED) is 0.758. The number of hydrogen-bond donors (Lipinski definition) is 0. The fourth-order valence-corrected chi connectivity index (χ4v) is 1.52. The van der Waals surface area contributed by atoms with Gasteiger partial charge in [-0.1, -0.05) is 6.07 Å². The normalized spacial score (nSPS) is 10.4. The van der Waals surface area contributed by atoms with Crippen LogP contribution in [-0.4, -0.2) is 9.97 Å². The first-order valence-corrected chi connectivity index (χ1v) is 5.68. The van der Waals surface area contributed by atoms with E-state index in [0.29, 0.717) is 5.88 Å². The molecule has 0 radical (unpaired) electrons. The van der Waals surface area contributed by atoms with E-state index in [4.69, 9.17) is 16.3 Å². The zero-order valence-electron chi connectivity index (χ0n) is 9.99. The smallest absolute Gasteiger partial charge is 0.226 e. The van der Waals surface area contributed by atoms with Crippen molar-refractivity contribution in [3.63, 3.8) is 0 Å². The molecule has 88 valence electrons. The average Bonchev–Trinajstić information content (AvgIpc) is 2.29. The summed E-state index contributed by atoms with van der Waals surface area (Å²) in [5, 5.41) is 0.189. The summed E-state index contributed by atoms with van der Waals surface area (Å²) in [7, 11) is 0. The van der Waals surface area contributed by atoms with Gasteiger partial charge >= 0.3 is 0 Å². The molecule has 1 heterocycles. The number of benzene rings is 1. The highest BCUT2D eigenvalue weighted by Gasteiger charge is 2.05. The van der Waals surface area contributed by atoms with Crippen LogP contribution in [-0.2, 0) is 0 Å². The molecule has 17 heavy (non-hydrogen) atoms. The van der Waals surface area contributed by atoms with Crippen LogP contribution in [0.15, 0.2) is 24.4 Å². The molecule has 0 aliphatic heterocycles. The van der Waals surface area contributed by atoms with E-state index in [1.165, 1.54) is 11.1 Å². The summed E-state index contributed by atoms with van der Waals surface area (Å²) < 4.78 is 5.69. The Hall–Kier alpha value is -1.61. The lowest BCUT2D eigenvalue weighted by atomic mass is 10.1. The van der Waals surface area contributed by atoms with Crippen molar-refractivity contribution in [1.29, 1.82) is 0 Å². The van der Waals surface area contributed by atoms with Crippen molar-refractivity contribution in [3.8, 4) is 11.6 Å². The summed E-state index contributed by atoms with van der Waals surface area (Å²) in [5.41, 5.74) is 3.27. The number of aryl methyl sites for hydroxylation is 3. The van der Waals surface area contributed by atoms with Gasteiger partial charge in [-0.2, -0.15) is 4.98 Å². The molecule has 0 amide bonds. The third-order valence-corrected chi connectivity index (χ3v) is 2.77. The highest BCUT2D eigenvalue weighted by Crippen LogP contribution is 2.25. The minimum absolute atomic E-state index is 0.189. The Morgan fingerprint density at radius 3 is 2.53 bits per heavy atom. The molecule has 0 atom stereocenters. The molecule has 1 aromatic heterocycles. The van der Waals surface area contributed by atoms with Gasteiger partial charge in [-0.25, -0.2) is 4.98 Å². The van der Waals surface area contributed by atoms with Gasteiger partial charge in [-0.15, -0.1) is 0 Å². The van der Waals surface area contributed by atoms with Gasteiger partial charge in [0.15, 0.2) is 0 Å². The largest absolute Gasteiger partial charge is 0.439 e. The first kappa shape index (κ1) is 11.9. The highest BCUT2D eigenvalue weighted by atomic mass is 35.5. The SMILES string of the molecule is Cc1ccc(Oc2nc(Cl)ncc2C)cc1C. The van der Waals surface area contributed by atoms with Gasteiger partial charge < -0.3 is 4.74 Å². The molecule has 0 N–H and O–H groups in total. The second-order valence-corrected chi connectivity index (χ2v) is 4.31. The lowest BCUT2D eigenvalue weighted by Crippen LogP contribution is -1.94. The number of rotatable bonds is 2. The van der Waals surface area contributed by atoms with Crippen LogP contribution in [0.5, 0.6) is 11.6 Å². The minimum Gasteiger partial charge on any atom is -0.439 e. The molecule has 3 nitrogen and oxygen atoms in total. The fourth-order valence-electron chi connectivity index (χ4n) is 1.40. The van der Waals surface area contributed by atoms with Crippen molar-refractivity contribution in [2.45, 2.75) is 20.8 Å². The monoisotopic (exact) mass is 248 g/mol. The van der Waals surface area contributed by atoms with Crippen LogP contribution in [0.25, 0.3) is 0 Å². The Balaban J connectivity index is 2.31. The average molecular weight is 249 g/mol. The van der Waals surface area contributed by atoms with Gasteiger partial charge in [0.05, 0.1) is 0 Å². The van der Waals surface area contributed by atoms with E-state index in [1.54, 1.807) is 6.20 Å². The van der Waals surface area contributed by atoms with Gasteiger partial charge in [0.25, 0.3) is 0 Å². The summed E-state index contributed by atoms with van der Waals surface area (Å²) in [6.07, 6.45) is 1.64. The predicted octanol–water partition coefficient (Wildman–Crippen LogP) is 3.85. The van der Waals surface area contributed by atoms with Crippen LogP contribution < -0.4 is 4.74 Å². The second kappa shape index (κ2) is 4.72. The predicted molar refractivity (Wildman–Crippen MR) is 67.8 cm³/mol. The molecule has 0 fully saturated rings. The Labute approximate surface area is 105 Å². The second-order valence-electron chi connectivity index (χ2n) is 3.98. The van der Waals surface area contributed by atoms with E-state index in [-0.39, 0.29) is 5.28 Å². The Morgan fingerprint density at radius 2 is 1.82 bits per heavy atom. The fraction of sp³-hybridized carbons (Fsp3) is 0.231. The molecule has 0 aliphatic rings. The summed E-state index contributed by atoms with van der Waals surface area (Å²) in [4.78, 5) is 7.94. The number of halogens is 1. The van der Waals surface area contributed by atoms with Gasteiger partial charge in [0.1, 0.15) is 5.75 Å². The molecule has 0 bridgehead atoms. The molecule has 1 aromatic carbocycles. The van der Waals surface area contributed by atoms with Crippen molar-refractivity contribution in [2.75, 3.05) is 0 Å². The van der Waals surface area contributed by atoms with Gasteiger partial charge in [-0.3, -0.25) is 0 Å². The number of hydrogen-bond acceptors (Lipinski definition) is 3. The molecule has 4 heteroatoms. The van der Waals surface area contributed by atoms with Crippen molar-refractivity contribution < 1.29 is 4.74 Å². The summed E-state index contributed by atoms with van der Waals surface area (Å²) >= 11 is 5.74. The maximum absolute atomic E-state index is 5.74. The molecular weight excluding hydrogens is 236 g/mol. The molecule has 0 unspecified atom stereocenters. The summed E-state index contributed by atoms with van der Waals surface area (Å²) in [6.45, 7) is 5.99. The van der Waals surface area contributed by atoms with Gasteiger partial charge in [-0.05, 0) is 55.6 Å². The maximum atomic E-state index is 5.74. The highest BCUT2D eigenvalue weighted by molar-refractivity contribution is 6.28. The molecule has 2 aromatic rings. The van der Waals surface area contributed by atoms with E-state index in [1.807, 2.05) is 32.0 Å². The zero-order valence-corrected chi connectivity index (χ0v) is 10.7. The Morgan fingerprint density at radius 1 is 1.06 bits per heavy atom. The van der Waals surface area contributed by atoms with E-state index in [0.717, 1.165) is 11.3 Å². The Kier molecular flexibility index (Phi) is 3.29. The van der Waals surface area contributed by atoms with Crippen LogP contribution in [0.2, 0.25) is 5.28 Å². The van der Waals surface area contributed by atoms with Crippen LogP contribution >= 0.6 is 11.6 Å². The third kappa shape index (κ3) is 2.74.